The molecule has 0 heterocycles. The Labute approximate surface area is 187 Å². The maximum absolute atomic E-state index is 12.8. The highest BCUT2D eigenvalue weighted by Gasteiger charge is 2.31. The molecule has 180 valence electrons. The first-order chi connectivity index (χ1) is 14.6. The number of aliphatic carboxylic acids is 1. The second-order valence-corrected chi connectivity index (χ2v) is 8.53. The normalized spacial score (nSPS) is 14.9. The van der Waals surface area contributed by atoms with E-state index in [1.165, 1.54) is 11.8 Å². The number of carbonyl (C=O) groups is 4. The smallest absolute Gasteiger partial charge is 0.326 e. The van der Waals surface area contributed by atoms with Crippen LogP contribution in [0.25, 0.3) is 0 Å². The van der Waals surface area contributed by atoms with E-state index in [2.05, 4.69) is 16.0 Å². The van der Waals surface area contributed by atoms with Crippen LogP contribution in [0.4, 0.5) is 0 Å². The SMILES string of the molecule is CSCCC(NC(=O)C(CCCCN)NC(=O)C(NC(=O)C(N)CO)C(C)C)C(=O)O. The van der Waals surface area contributed by atoms with Gasteiger partial charge in [0, 0.05) is 0 Å². The van der Waals surface area contributed by atoms with Gasteiger partial charge in [0.1, 0.15) is 24.2 Å². The molecule has 4 unspecified atom stereocenters. The number of amides is 3. The molecule has 9 N–H and O–H groups in total. The van der Waals surface area contributed by atoms with Gasteiger partial charge in [0.25, 0.3) is 0 Å². The molecule has 0 spiro atoms. The van der Waals surface area contributed by atoms with Gasteiger partial charge in [-0.05, 0) is 50.2 Å². The fraction of sp³-hybridized carbons (Fsp3) is 0.789. The lowest BCUT2D eigenvalue weighted by Gasteiger charge is -2.27. The molecule has 0 fully saturated rings. The van der Waals surface area contributed by atoms with Crippen LogP contribution in [0.1, 0.15) is 39.5 Å². The molecule has 4 atom stereocenters. The molecule has 0 aliphatic heterocycles. The average Bonchev–Trinajstić information content (AvgIpc) is 2.72. The average molecular weight is 464 g/mol. The molecular weight excluding hydrogens is 426 g/mol. The lowest BCUT2D eigenvalue weighted by molar-refractivity contribution is -0.142. The van der Waals surface area contributed by atoms with Crippen LogP contribution in [-0.4, -0.2) is 83.2 Å². The van der Waals surface area contributed by atoms with Crippen molar-refractivity contribution in [3.63, 3.8) is 0 Å². The maximum Gasteiger partial charge on any atom is 0.326 e. The lowest BCUT2D eigenvalue weighted by Crippen LogP contribution is -2.58. The molecule has 0 aliphatic rings. The molecule has 0 aromatic carbocycles. The van der Waals surface area contributed by atoms with Crippen molar-refractivity contribution in [1.82, 2.24) is 16.0 Å². The van der Waals surface area contributed by atoms with Gasteiger partial charge in [-0.1, -0.05) is 13.8 Å². The Morgan fingerprint density at radius 3 is 2.03 bits per heavy atom. The third kappa shape index (κ3) is 11.3. The van der Waals surface area contributed by atoms with Crippen molar-refractivity contribution in [2.75, 3.05) is 25.2 Å². The first-order valence-electron chi connectivity index (χ1n) is 10.3. The Kier molecular flexibility index (Phi) is 14.9. The van der Waals surface area contributed by atoms with E-state index in [4.69, 9.17) is 16.6 Å². The van der Waals surface area contributed by atoms with Crippen LogP contribution >= 0.6 is 11.8 Å². The molecule has 0 aliphatic carbocycles. The van der Waals surface area contributed by atoms with E-state index in [1.54, 1.807) is 13.8 Å². The molecule has 0 bridgehead atoms. The predicted molar refractivity (Wildman–Crippen MR) is 119 cm³/mol. The largest absolute Gasteiger partial charge is 0.480 e. The van der Waals surface area contributed by atoms with E-state index >= 15 is 0 Å². The van der Waals surface area contributed by atoms with Crippen molar-refractivity contribution >= 4 is 35.5 Å². The zero-order chi connectivity index (χ0) is 24.0. The number of carboxylic acids is 1. The highest BCUT2D eigenvalue weighted by atomic mass is 32.2. The van der Waals surface area contributed by atoms with Gasteiger partial charge in [-0.15, -0.1) is 0 Å². The molecule has 31 heavy (non-hydrogen) atoms. The molecule has 0 aromatic heterocycles. The van der Waals surface area contributed by atoms with Crippen LogP contribution in [0.15, 0.2) is 0 Å². The van der Waals surface area contributed by atoms with E-state index in [0.29, 0.717) is 25.1 Å². The summed E-state index contributed by atoms with van der Waals surface area (Å²) in [7, 11) is 0. The standard InChI is InChI=1S/C19H37N5O6S/c1-11(2)15(24-16(26)12(21)10-25)18(28)22-13(6-4-5-8-20)17(27)23-14(19(29)30)7-9-31-3/h11-15,25H,4-10,20-21H2,1-3H3,(H,22,28)(H,23,27)(H,24,26)(H,29,30). The molecule has 0 saturated carbocycles. The van der Waals surface area contributed by atoms with Crippen LogP contribution in [0.3, 0.4) is 0 Å². The van der Waals surface area contributed by atoms with Crippen LogP contribution < -0.4 is 27.4 Å². The van der Waals surface area contributed by atoms with E-state index in [9.17, 15) is 24.3 Å². The molecule has 3 amide bonds. The van der Waals surface area contributed by atoms with Gasteiger partial charge in [0.05, 0.1) is 6.61 Å². The fourth-order valence-electron chi connectivity index (χ4n) is 2.67. The number of aliphatic hydroxyl groups excluding tert-OH is 1. The van der Waals surface area contributed by atoms with E-state index in [0.717, 1.165) is 0 Å². The van der Waals surface area contributed by atoms with E-state index in [-0.39, 0.29) is 18.8 Å². The third-order valence-corrected chi connectivity index (χ3v) is 5.23. The first-order valence-corrected chi connectivity index (χ1v) is 11.7. The number of carbonyl (C=O) groups excluding carboxylic acids is 3. The zero-order valence-electron chi connectivity index (χ0n) is 18.4. The van der Waals surface area contributed by atoms with Crippen molar-refractivity contribution in [2.24, 2.45) is 17.4 Å². The van der Waals surface area contributed by atoms with Gasteiger partial charge in [0.2, 0.25) is 17.7 Å². The number of aliphatic hydroxyl groups is 1. The number of hydrogen-bond acceptors (Lipinski definition) is 8. The van der Waals surface area contributed by atoms with Gasteiger partial charge in [-0.25, -0.2) is 4.79 Å². The monoisotopic (exact) mass is 463 g/mol. The van der Waals surface area contributed by atoms with Crippen LogP contribution in [0.2, 0.25) is 0 Å². The van der Waals surface area contributed by atoms with Crippen molar-refractivity contribution in [1.29, 1.82) is 0 Å². The summed E-state index contributed by atoms with van der Waals surface area (Å²) in [5.41, 5.74) is 11.0. The summed E-state index contributed by atoms with van der Waals surface area (Å²) in [5, 5.41) is 26.0. The van der Waals surface area contributed by atoms with Crippen molar-refractivity contribution in [3.05, 3.63) is 0 Å². The Bertz CT molecular complexity index is 592. The van der Waals surface area contributed by atoms with Gasteiger partial charge in [-0.3, -0.25) is 14.4 Å². The molecule has 0 rings (SSSR count). The Morgan fingerprint density at radius 2 is 1.55 bits per heavy atom. The number of nitrogens with two attached hydrogens (primary N) is 2. The van der Waals surface area contributed by atoms with Gasteiger partial charge in [-0.2, -0.15) is 11.8 Å². The number of nitrogens with one attached hydrogen (secondary N) is 3. The second kappa shape index (κ2) is 15.8. The lowest BCUT2D eigenvalue weighted by atomic mass is 10.0. The molecular formula is C19H37N5O6S. The highest BCUT2D eigenvalue weighted by molar-refractivity contribution is 7.98. The third-order valence-electron chi connectivity index (χ3n) is 4.59. The van der Waals surface area contributed by atoms with Crippen molar-refractivity contribution in [3.8, 4) is 0 Å². The topological polar surface area (TPSA) is 197 Å². The summed E-state index contributed by atoms with van der Waals surface area (Å²) in [5.74, 6) is -2.83. The zero-order valence-corrected chi connectivity index (χ0v) is 19.2. The number of rotatable bonds is 16. The number of hydrogen-bond donors (Lipinski definition) is 7. The molecule has 11 nitrogen and oxygen atoms in total. The number of unbranched alkanes of at least 4 members (excludes halogenated alkanes) is 1. The quantitative estimate of drug-likeness (QED) is 0.132. The minimum Gasteiger partial charge on any atom is -0.480 e. The second-order valence-electron chi connectivity index (χ2n) is 7.55. The number of carboxylic acid groups (broad SMARTS) is 1. The summed E-state index contributed by atoms with van der Waals surface area (Å²) < 4.78 is 0. The van der Waals surface area contributed by atoms with Crippen molar-refractivity contribution in [2.45, 2.75) is 63.7 Å². The summed E-state index contributed by atoms with van der Waals surface area (Å²) in [6.45, 7) is 3.26. The molecule has 12 heteroatoms. The van der Waals surface area contributed by atoms with Crippen molar-refractivity contribution < 1.29 is 29.4 Å². The van der Waals surface area contributed by atoms with Gasteiger partial charge in [0.15, 0.2) is 0 Å². The summed E-state index contributed by atoms with van der Waals surface area (Å²) in [4.78, 5) is 49.0. The Balaban J connectivity index is 5.35. The maximum atomic E-state index is 12.8. The number of thioether (sulfide) groups is 1. The summed E-state index contributed by atoms with van der Waals surface area (Å²) in [6.07, 6.45) is 3.52. The van der Waals surface area contributed by atoms with Crippen LogP contribution in [0, 0.1) is 5.92 Å². The molecule has 0 radical (unpaired) electrons. The predicted octanol–water partition coefficient (Wildman–Crippen LogP) is -1.62. The van der Waals surface area contributed by atoms with Crippen LogP contribution in [0.5, 0.6) is 0 Å². The highest BCUT2D eigenvalue weighted by Crippen LogP contribution is 2.08. The first kappa shape index (κ1) is 29.1. The summed E-state index contributed by atoms with van der Waals surface area (Å²) in [6, 6.07) is -4.22. The Hall–Kier alpha value is -1.89. The fourth-order valence-corrected chi connectivity index (χ4v) is 3.14. The summed E-state index contributed by atoms with van der Waals surface area (Å²) >= 11 is 1.46. The minimum absolute atomic E-state index is 0.245. The van der Waals surface area contributed by atoms with Gasteiger partial charge >= 0.3 is 5.97 Å². The van der Waals surface area contributed by atoms with Crippen LogP contribution in [-0.2, 0) is 19.2 Å². The van der Waals surface area contributed by atoms with E-state index in [1.807, 2.05) is 6.26 Å². The van der Waals surface area contributed by atoms with E-state index < -0.39 is 54.5 Å². The molecule has 0 saturated heterocycles. The van der Waals surface area contributed by atoms with Gasteiger partial charge < -0.3 is 37.6 Å². The minimum atomic E-state index is -1.18. The Morgan fingerprint density at radius 1 is 0.935 bits per heavy atom. The molecule has 0 aromatic rings.